The molecule has 1 atom stereocenters. The molecule has 1 aromatic rings. The van der Waals surface area contributed by atoms with Crippen LogP contribution in [0.2, 0.25) is 5.02 Å². The summed E-state index contributed by atoms with van der Waals surface area (Å²) in [5, 5.41) is 0.416. The molecule has 0 aromatic heterocycles. The second-order valence-electron chi connectivity index (χ2n) is 3.22. The first kappa shape index (κ1) is 11.2. The standard InChI is InChI=1S/C11H13ClFN/c1-3-4-9(14)10-8(13)6-5-7(2)11(10)12/h3,5-6,9H,1,4,14H2,2H3/t9-/m0/s1. The maximum Gasteiger partial charge on any atom is 0.129 e. The molecule has 1 nitrogen and oxygen atoms in total. The summed E-state index contributed by atoms with van der Waals surface area (Å²) in [4.78, 5) is 0. The fraction of sp³-hybridized carbons (Fsp3) is 0.273. The minimum absolute atomic E-state index is 0.352. The number of hydrogen-bond donors (Lipinski definition) is 1. The number of nitrogens with two attached hydrogens (primary N) is 1. The van der Waals surface area contributed by atoms with Gasteiger partial charge in [-0.2, -0.15) is 0 Å². The summed E-state index contributed by atoms with van der Waals surface area (Å²) >= 11 is 5.97. The Hall–Kier alpha value is -0.860. The van der Waals surface area contributed by atoms with Gasteiger partial charge < -0.3 is 5.73 Å². The maximum atomic E-state index is 13.4. The molecule has 0 spiro atoms. The highest BCUT2D eigenvalue weighted by Crippen LogP contribution is 2.29. The van der Waals surface area contributed by atoms with Gasteiger partial charge in [0.2, 0.25) is 0 Å². The van der Waals surface area contributed by atoms with Gasteiger partial charge in [-0.25, -0.2) is 4.39 Å². The Labute approximate surface area is 88.4 Å². The highest BCUT2D eigenvalue weighted by Gasteiger charge is 2.15. The molecule has 1 rings (SSSR count). The van der Waals surface area contributed by atoms with E-state index in [1.165, 1.54) is 6.07 Å². The van der Waals surface area contributed by atoms with Gasteiger partial charge in [-0.1, -0.05) is 23.7 Å². The quantitative estimate of drug-likeness (QED) is 0.766. The summed E-state index contributed by atoms with van der Waals surface area (Å²) in [6.45, 7) is 5.39. The van der Waals surface area contributed by atoms with Crippen LogP contribution in [0.25, 0.3) is 0 Å². The van der Waals surface area contributed by atoms with Gasteiger partial charge in [0.1, 0.15) is 5.82 Å². The Balaban J connectivity index is 3.17. The average Bonchev–Trinajstić information content (AvgIpc) is 2.13. The minimum atomic E-state index is -0.417. The Kier molecular flexibility index (Phi) is 3.67. The zero-order chi connectivity index (χ0) is 10.7. The second-order valence-corrected chi connectivity index (χ2v) is 3.60. The van der Waals surface area contributed by atoms with Gasteiger partial charge >= 0.3 is 0 Å². The van der Waals surface area contributed by atoms with E-state index in [-0.39, 0.29) is 5.82 Å². The third-order valence-electron chi connectivity index (χ3n) is 2.11. The number of rotatable bonds is 3. The van der Waals surface area contributed by atoms with Crippen LogP contribution >= 0.6 is 11.6 Å². The van der Waals surface area contributed by atoms with Crippen molar-refractivity contribution in [2.45, 2.75) is 19.4 Å². The molecule has 0 heterocycles. The average molecular weight is 214 g/mol. The molecule has 0 saturated carbocycles. The molecule has 3 heteroatoms. The molecule has 0 aliphatic rings. The molecule has 76 valence electrons. The Morgan fingerprint density at radius 1 is 1.64 bits per heavy atom. The fourth-order valence-corrected chi connectivity index (χ4v) is 1.61. The van der Waals surface area contributed by atoms with E-state index in [9.17, 15) is 4.39 Å². The molecule has 1 aromatic carbocycles. The number of hydrogen-bond acceptors (Lipinski definition) is 1. The van der Waals surface area contributed by atoms with Crippen LogP contribution in [0.15, 0.2) is 24.8 Å². The first-order valence-corrected chi connectivity index (χ1v) is 4.76. The lowest BCUT2D eigenvalue weighted by Gasteiger charge is -2.14. The molecule has 2 N–H and O–H groups in total. The third-order valence-corrected chi connectivity index (χ3v) is 2.61. The highest BCUT2D eigenvalue weighted by atomic mass is 35.5. The summed E-state index contributed by atoms with van der Waals surface area (Å²) in [5.74, 6) is -0.352. The predicted octanol–water partition coefficient (Wildman–Crippen LogP) is 3.36. The van der Waals surface area contributed by atoms with E-state index in [2.05, 4.69) is 6.58 Å². The van der Waals surface area contributed by atoms with Crippen LogP contribution in [0.4, 0.5) is 4.39 Å². The molecule has 0 aliphatic heterocycles. The van der Waals surface area contributed by atoms with Crippen LogP contribution in [0.1, 0.15) is 23.6 Å². The zero-order valence-electron chi connectivity index (χ0n) is 8.06. The van der Waals surface area contributed by atoms with Crippen LogP contribution in [-0.4, -0.2) is 0 Å². The van der Waals surface area contributed by atoms with Crippen LogP contribution in [-0.2, 0) is 0 Å². The van der Waals surface area contributed by atoms with Gasteiger partial charge in [-0.15, -0.1) is 6.58 Å². The van der Waals surface area contributed by atoms with Crippen LogP contribution in [0, 0.1) is 12.7 Å². The van der Waals surface area contributed by atoms with E-state index < -0.39 is 6.04 Å². The molecule has 0 saturated heterocycles. The van der Waals surface area contributed by atoms with Crippen molar-refractivity contribution in [1.82, 2.24) is 0 Å². The summed E-state index contributed by atoms with van der Waals surface area (Å²) in [6.07, 6.45) is 2.17. The molecule has 0 fully saturated rings. The van der Waals surface area contributed by atoms with E-state index in [4.69, 9.17) is 17.3 Å². The fourth-order valence-electron chi connectivity index (χ4n) is 1.32. The number of halogens is 2. The van der Waals surface area contributed by atoms with Gasteiger partial charge in [0.05, 0.1) is 5.02 Å². The first-order valence-electron chi connectivity index (χ1n) is 4.39. The number of benzene rings is 1. The van der Waals surface area contributed by atoms with Crippen molar-refractivity contribution in [1.29, 1.82) is 0 Å². The normalized spacial score (nSPS) is 12.6. The molecular formula is C11H13ClFN. The van der Waals surface area contributed by atoms with Gasteiger partial charge in [-0.05, 0) is 25.0 Å². The lowest BCUT2D eigenvalue weighted by Crippen LogP contribution is -2.12. The molecule has 0 radical (unpaired) electrons. The summed E-state index contributed by atoms with van der Waals surface area (Å²) in [5.41, 5.74) is 7.00. The molecule has 14 heavy (non-hydrogen) atoms. The molecular weight excluding hydrogens is 201 g/mol. The maximum absolute atomic E-state index is 13.4. The van der Waals surface area contributed by atoms with Crippen molar-refractivity contribution >= 4 is 11.6 Å². The van der Waals surface area contributed by atoms with Crippen molar-refractivity contribution in [3.8, 4) is 0 Å². The topological polar surface area (TPSA) is 26.0 Å². The van der Waals surface area contributed by atoms with Gasteiger partial charge in [0.15, 0.2) is 0 Å². The van der Waals surface area contributed by atoms with Gasteiger partial charge in [0.25, 0.3) is 0 Å². The van der Waals surface area contributed by atoms with E-state index in [1.807, 2.05) is 6.92 Å². The third kappa shape index (κ3) is 2.14. The lowest BCUT2D eigenvalue weighted by atomic mass is 10.0. The Morgan fingerprint density at radius 2 is 2.29 bits per heavy atom. The van der Waals surface area contributed by atoms with E-state index >= 15 is 0 Å². The molecule has 0 bridgehead atoms. The molecule has 0 aliphatic carbocycles. The van der Waals surface area contributed by atoms with E-state index in [0.717, 1.165) is 5.56 Å². The van der Waals surface area contributed by atoms with Crippen LogP contribution < -0.4 is 5.73 Å². The SMILES string of the molecule is C=CC[C@H](N)c1c(F)ccc(C)c1Cl. The number of aryl methyl sites for hydroxylation is 1. The predicted molar refractivity (Wildman–Crippen MR) is 57.9 cm³/mol. The van der Waals surface area contributed by atoms with Gasteiger partial charge in [-0.3, -0.25) is 0 Å². The van der Waals surface area contributed by atoms with Crippen molar-refractivity contribution < 1.29 is 4.39 Å². The first-order chi connectivity index (χ1) is 6.57. The van der Waals surface area contributed by atoms with Crippen molar-refractivity contribution in [2.24, 2.45) is 5.73 Å². The highest BCUT2D eigenvalue weighted by molar-refractivity contribution is 6.32. The van der Waals surface area contributed by atoms with Crippen molar-refractivity contribution in [3.63, 3.8) is 0 Å². The largest absolute Gasteiger partial charge is 0.324 e. The lowest BCUT2D eigenvalue weighted by molar-refractivity contribution is 0.583. The molecule has 0 unspecified atom stereocenters. The van der Waals surface area contributed by atoms with E-state index in [1.54, 1.807) is 12.1 Å². The zero-order valence-corrected chi connectivity index (χ0v) is 8.81. The Bertz CT molecular complexity index is 349. The molecule has 0 amide bonds. The summed E-state index contributed by atoms with van der Waals surface area (Å²) in [6, 6.07) is 2.61. The smallest absolute Gasteiger partial charge is 0.129 e. The summed E-state index contributed by atoms with van der Waals surface area (Å²) < 4.78 is 13.4. The Morgan fingerprint density at radius 3 is 2.86 bits per heavy atom. The second kappa shape index (κ2) is 4.58. The van der Waals surface area contributed by atoms with Crippen molar-refractivity contribution in [3.05, 3.63) is 46.8 Å². The van der Waals surface area contributed by atoms with Crippen LogP contribution in [0.5, 0.6) is 0 Å². The van der Waals surface area contributed by atoms with Gasteiger partial charge in [0, 0.05) is 11.6 Å². The monoisotopic (exact) mass is 213 g/mol. The van der Waals surface area contributed by atoms with Crippen molar-refractivity contribution in [2.75, 3.05) is 0 Å². The minimum Gasteiger partial charge on any atom is -0.324 e. The van der Waals surface area contributed by atoms with Crippen LogP contribution in [0.3, 0.4) is 0 Å². The van der Waals surface area contributed by atoms with E-state index in [0.29, 0.717) is 17.0 Å². The summed E-state index contributed by atoms with van der Waals surface area (Å²) in [7, 11) is 0.